The Balaban J connectivity index is 2.23. The van der Waals surface area contributed by atoms with Gasteiger partial charge in [-0.05, 0) is 18.6 Å². The zero-order chi connectivity index (χ0) is 16.1. The fourth-order valence-corrected chi connectivity index (χ4v) is 3.26. The monoisotopic (exact) mass is 320 g/mol. The number of benzene rings is 1. The second-order valence-corrected chi connectivity index (χ2v) is 6.11. The summed E-state index contributed by atoms with van der Waals surface area (Å²) in [7, 11) is 0. The second kappa shape index (κ2) is 7.26. The van der Waals surface area contributed by atoms with Gasteiger partial charge in [0.2, 0.25) is 5.91 Å². The molecule has 0 aliphatic carbocycles. The van der Waals surface area contributed by atoms with Crippen LogP contribution in [0, 0.1) is 0 Å². The summed E-state index contributed by atoms with van der Waals surface area (Å²) >= 11 is 1.37. The van der Waals surface area contributed by atoms with Crippen LogP contribution in [-0.4, -0.2) is 21.1 Å². The van der Waals surface area contributed by atoms with Crippen LogP contribution in [-0.2, 0) is 4.79 Å². The van der Waals surface area contributed by atoms with Crippen molar-refractivity contribution in [2.24, 2.45) is 5.73 Å². The van der Waals surface area contributed by atoms with Gasteiger partial charge in [0.05, 0.1) is 11.6 Å². The third-order valence-corrected chi connectivity index (χ3v) is 4.48. The van der Waals surface area contributed by atoms with Gasteiger partial charge in [-0.2, -0.15) is 0 Å². The molecule has 0 fully saturated rings. The van der Waals surface area contributed by atoms with Crippen LogP contribution in [0.1, 0.15) is 43.5 Å². The van der Waals surface area contributed by atoms with E-state index in [2.05, 4.69) is 11.9 Å². The van der Waals surface area contributed by atoms with E-state index >= 15 is 0 Å². The molecule has 1 amide bonds. The molecule has 0 spiro atoms. The highest BCUT2D eigenvalue weighted by Gasteiger charge is 2.22. The lowest BCUT2D eigenvalue weighted by molar-refractivity contribution is -0.119. The van der Waals surface area contributed by atoms with Crippen LogP contribution < -0.4 is 5.73 Å². The fourth-order valence-electron chi connectivity index (χ4n) is 2.29. The first kappa shape index (κ1) is 16.3. The Morgan fingerprint density at radius 1 is 1.36 bits per heavy atom. The highest BCUT2D eigenvalue weighted by atomic mass is 32.1. The summed E-state index contributed by atoms with van der Waals surface area (Å²) in [5, 5.41) is 21.7. The molecule has 1 unspecified atom stereocenters. The van der Waals surface area contributed by atoms with Crippen LogP contribution in [0.15, 0.2) is 23.6 Å². The molecule has 2 rings (SSSR count). The number of primary amides is 1. The Morgan fingerprint density at radius 3 is 2.77 bits per heavy atom. The molecule has 0 saturated heterocycles. The van der Waals surface area contributed by atoms with E-state index in [-0.39, 0.29) is 23.3 Å². The van der Waals surface area contributed by atoms with Crippen LogP contribution in [0.2, 0.25) is 0 Å². The highest BCUT2D eigenvalue weighted by molar-refractivity contribution is 7.10. The number of hydrogen-bond donors (Lipinski definition) is 3. The predicted molar refractivity (Wildman–Crippen MR) is 87.0 cm³/mol. The van der Waals surface area contributed by atoms with E-state index < -0.39 is 0 Å². The number of amides is 1. The number of hydrogen-bond acceptors (Lipinski definition) is 5. The maximum atomic E-state index is 11.7. The Hall–Kier alpha value is -2.08. The minimum Gasteiger partial charge on any atom is -0.508 e. The first-order valence-electron chi connectivity index (χ1n) is 7.30. The summed E-state index contributed by atoms with van der Waals surface area (Å²) in [4.78, 5) is 16.1. The van der Waals surface area contributed by atoms with Crippen molar-refractivity contribution in [1.29, 1.82) is 0 Å². The van der Waals surface area contributed by atoms with E-state index in [1.165, 1.54) is 23.5 Å². The largest absolute Gasteiger partial charge is 0.508 e. The fraction of sp³-hybridized carbons (Fsp3) is 0.375. The molecular formula is C16H20N2O3S. The van der Waals surface area contributed by atoms with E-state index in [0.29, 0.717) is 22.7 Å². The first-order chi connectivity index (χ1) is 10.5. The predicted octanol–water partition coefficient (Wildman–Crippen LogP) is 3.37. The van der Waals surface area contributed by atoms with Crippen LogP contribution in [0.25, 0.3) is 11.3 Å². The van der Waals surface area contributed by atoms with Gasteiger partial charge in [0.15, 0.2) is 0 Å². The zero-order valence-corrected chi connectivity index (χ0v) is 13.3. The number of thiazole rings is 1. The van der Waals surface area contributed by atoms with Gasteiger partial charge < -0.3 is 15.9 Å². The smallest absolute Gasteiger partial charge is 0.227 e. The molecular weight excluding hydrogens is 300 g/mol. The number of aromatic hydroxyl groups is 2. The molecule has 0 radical (unpaired) electrons. The Bertz CT molecular complexity index is 655. The molecule has 0 aliphatic rings. The van der Waals surface area contributed by atoms with E-state index in [1.807, 2.05) is 0 Å². The minimum atomic E-state index is -0.385. The zero-order valence-electron chi connectivity index (χ0n) is 12.5. The Kier molecular flexibility index (Phi) is 5.38. The summed E-state index contributed by atoms with van der Waals surface area (Å²) in [5.74, 6) is -0.804. The van der Waals surface area contributed by atoms with E-state index in [0.717, 1.165) is 19.3 Å². The Morgan fingerprint density at radius 2 is 2.14 bits per heavy atom. The van der Waals surface area contributed by atoms with Crippen molar-refractivity contribution < 1.29 is 15.0 Å². The van der Waals surface area contributed by atoms with Crippen LogP contribution in [0.5, 0.6) is 11.5 Å². The van der Waals surface area contributed by atoms with Gasteiger partial charge in [0, 0.05) is 17.0 Å². The summed E-state index contributed by atoms with van der Waals surface area (Å²) in [6, 6.07) is 4.35. The SMILES string of the molecule is CCCCCC(C(N)=O)c1nc(-c2ccc(O)cc2O)cs1. The molecule has 2 aromatic rings. The first-order valence-corrected chi connectivity index (χ1v) is 8.18. The number of carbonyl (C=O) groups excluding carboxylic acids is 1. The molecule has 118 valence electrons. The molecule has 1 aromatic heterocycles. The molecule has 0 saturated carbocycles. The van der Waals surface area contributed by atoms with Gasteiger partial charge in [-0.3, -0.25) is 4.79 Å². The number of unbranched alkanes of at least 4 members (excludes halogenated alkanes) is 2. The van der Waals surface area contributed by atoms with Crippen molar-refractivity contribution >= 4 is 17.2 Å². The van der Waals surface area contributed by atoms with Crippen LogP contribution >= 0.6 is 11.3 Å². The normalized spacial score (nSPS) is 12.2. The lowest BCUT2D eigenvalue weighted by atomic mass is 10.0. The third-order valence-electron chi connectivity index (χ3n) is 3.52. The van der Waals surface area contributed by atoms with E-state index in [1.54, 1.807) is 11.4 Å². The lowest BCUT2D eigenvalue weighted by Crippen LogP contribution is -2.21. The topological polar surface area (TPSA) is 96.4 Å². The van der Waals surface area contributed by atoms with Crippen molar-refractivity contribution in [3.63, 3.8) is 0 Å². The van der Waals surface area contributed by atoms with Gasteiger partial charge in [0.25, 0.3) is 0 Å². The van der Waals surface area contributed by atoms with Gasteiger partial charge in [-0.1, -0.05) is 26.2 Å². The van der Waals surface area contributed by atoms with Crippen molar-refractivity contribution in [2.45, 2.75) is 38.5 Å². The van der Waals surface area contributed by atoms with Gasteiger partial charge in [-0.15, -0.1) is 11.3 Å². The van der Waals surface area contributed by atoms with E-state index in [4.69, 9.17) is 5.73 Å². The molecule has 1 aromatic carbocycles. The number of phenols is 2. The number of nitrogens with two attached hydrogens (primary N) is 1. The third kappa shape index (κ3) is 3.76. The molecule has 0 bridgehead atoms. The average molecular weight is 320 g/mol. The maximum absolute atomic E-state index is 11.7. The highest BCUT2D eigenvalue weighted by Crippen LogP contribution is 2.35. The molecule has 0 aliphatic heterocycles. The van der Waals surface area contributed by atoms with Gasteiger partial charge in [-0.25, -0.2) is 4.98 Å². The maximum Gasteiger partial charge on any atom is 0.227 e. The molecule has 1 atom stereocenters. The molecule has 6 heteroatoms. The second-order valence-electron chi connectivity index (χ2n) is 5.22. The summed E-state index contributed by atoms with van der Waals surface area (Å²) < 4.78 is 0. The van der Waals surface area contributed by atoms with E-state index in [9.17, 15) is 15.0 Å². The van der Waals surface area contributed by atoms with Crippen LogP contribution in [0.4, 0.5) is 0 Å². The average Bonchev–Trinajstić information content (AvgIpc) is 2.92. The molecule has 22 heavy (non-hydrogen) atoms. The summed E-state index contributed by atoms with van der Waals surface area (Å²) in [5.41, 5.74) is 6.60. The lowest BCUT2D eigenvalue weighted by Gasteiger charge is -2.09. The standard InChI is InChI=1S/C16H20N2O3S/c1-2-3-4-5-12(15(17)21)16-18-13(9-22-16)11-7-6-10(19)8-14(11)20/h6-9,12,19-20H,2-5H2,1H3,(H2,17,21). The summed E-state index contributed by atoms with van der Waals surface area (Å²) in [6.07, 6.45) is 3.76. The minimum absolute atomic E-state index is 0.00807. The van der Waals surface area contributed by atoms with Crippen molar-refractivity contribution in [3.8, 4) is 22.8 Å². The van der Waals surface area contributed by atoms with Crippen molar-refractivity contribution in [1.82, 2.24) is 4.98 Å². The summed E-state index contributed by atoms with van der Waals surface area (Å²) in [6.45, 7) is 2.11. The number of aromatic nitrogens is 1. The Labute approximate surface area is 133 Å². The number of rotatable bonds is 7. The number of phenolic OH excluding ortho intramolecular Hbond substituents is 2. The van der Waals surface area contributed by atoms with Gasteiger partial charge >= 0.3 is 0 Å². The van der Waals surface area contributed by atoms with Crippen molar-refractivity contribution in [2.75, 3.05) is 0 Å². The quantitative estimate of drug-likeness (QED) is 0.681. The molecule has 1 heterocycles. The van der Waals surface area contributed by atoms with Crippen molar-refractivity contribution in [3.05, 3.63) is 28.6 Å². The molecule has 4 N–H and O–H groups in total. The number of carbonyl (C=O) groups is 1. The number of nitrogens with zero attached hydrogens (tertiary/aromatic N) is 1. The van der Waals surface area contributed by atoms with Gasteiger partial charge in [0.1, 0.15) is 16.5 Å². The van der Waals surface area contributed by atoms with Crippen LogP contribution in [0.3, 0.4) is 0 Å². The molecule has 5 nitrogen and oxygen atoms in total.